The van der Waals surface area contributed by atoms with Gasteiger partial charge in [-0.1, -0.05) is 72.8 Å². The van der Waals surface area contributed by atoms with Crippen LogP contribution in [0.1, 0.15) is 38.9 Å². The summed E-state index contributed by atoms with van der Waals surface area (Å²) in [5.74, 6) is -1.23. The molecule has 1 atom stereocenters. The summed E-state index contributed by atoms with van der Waals surface area (Å²) in [6.07, 6.45) is -0.718. The van der Waals surface area contributed by atoms with E-state index in [2.05, 4.69) is 20.6 Å². The molecule has 248 valence electrons. The fourth-order valence-electron chi connectivity index (χ4n) is 5.08. The lowest BCUT2D eigenvalue weighted by Crippen LogP contribution is -2.55. The van der Waals surface area contributed by atoms with Crippen LogP contribution in [0.15, 0.2) is 91.0 Å². The minimum absolute atomic E-state index is 0.0612. The molecule has 0 bridgehead atoms. The van der Waals surface area contributed by atoms with Gasteiger partial charge in [0.2, 0.25) is 5.91 Å². The topological polar surface area (TPSA) is 163 Å². The summed E-state index contributed by atoms with van der Waals surface area (Å²) in [4.78, 5) is 66.9. The Balaban J connectivity index is 1.38. The SMILES string of the molecule is CCOC(=O)ON1CCN(C(=O)[C@H](Cc2ccc(C(=O)O)cc2)NC(=O)c2cc(NCc3ccccc3)nc(-c3ccccc3)n2)CC1. The van der Waals surface area contributed by atoms with E-state index in [1.165, 1.54) is 17.2 Å². The van der Waals surface area contributed by atoms with Crippen molar-refractivity contribution >= 4 is 29.8 Å². The summed E-state index contributed by atoms with van der Waals surface area (Å²) in [5.41, 5.74) is 2.56. The van der Waals surface area contributed by atoms with Gasteiger partial charge >= 0.3 is 12.1 Å². The number of carbonyl (C=O) groups is 4. The molecule has 0 saturated carbocycles. The highest BCUT2D eigenvalue weighted by molar-refractivity contribution is 5.97. The number of piperazine rings is 1. The fourth-order valence-corrected chi connectivity index (χ4v) is 5.08. The molecule has 0 unspecified atom stereocenters. The number of hydroxylamine groups is 2. The lowest BCUT2D eigenvalue weighted by Gasteiger charge is -2.35. The first-order valence-electron chi connectivity index (χ1n) is 15.5. The zero-order valence-electron chi connectivity index (χ0n) is 26.4. The van der Waals surface area contributed by atoms with Crippen LogP contribution in [-0.4, -0.2) is 87.8 Å². The van der Waals surface area contributed by atoms with Crippen molar-refractivity contribution < 1.29 is 33.9 Å². The maximum atomic E-state index is 13.9. The molecule has 1 aliphatic rings. The van der Waals surface area contributed by atoms with E-state index in [4.69, 9.17) is 9.57 Å². The van der Waals surface area contributed by atoms with Gasteiger partial charge in [-0.15, -0.1) is 5.06 Å². The van der Waals surface area contributed by atoms with E-state index < -0.39 is 24.1 Å². The number of nitrogens with one attached hydrogen (secondary N) is 2. The molecule has 5 rings (SSSR count). The quantitative estimate of drug-likeness (QED) is 0.189. The normalized spacial score (nSPS) is 13.6. The number of hydrogen-bond acceptors (Lipinski definition) is 10. The summed E-state index contributed by atoms with van der Waals surface area (Å²) in [5, 5.41) is 16.9. The zero-order valence-corrected chi connectivity index (χ0v) is 26.4. The average Bonchev–Trinajstić information content (AvgIpc) is 3.11. The summed E-state index contributed by atoms with van der Waals surface area (Å²) in [6.45, 7) is 3.29. The van der Waals surface area contributed by atoms with Crippen molar-refractivity contribution in [3.63, 3.8) is 0 Å². The van der Waals surface area contributed by atoms with Gasteiger partial charge in [0.15, 0.2) is 5.82 Å². The van der Waals surface area contributed by atoms with Crippen molar-refractivity contribution in [1.29, 1.82) is 0 Å². The number of aromatic carboxylic acids is 1. The number of anilines is 1. The largest absolute Gasteiger partial charge is 0.527 e. The molecule has 13 nitrogen and oxygen atoms in total. The summed E-state index contributed by atoms with van der Waals surface area (Å²) >= 11 is 0. The Bertz CT molecular complexity index is 1710. The molecule has 1 saturated heterocycles. The van der Waals surface area contributed by atoms with Crippen molar-refractivity contribution in [2.24, 2.45) is 0 Å². The second kappa shape index (κ2) is 16.1. The van der Waals surface area contributed by atoms with Crippen LogP contribution < -0.4 is 10.6 Å². The zero-order chi connectivity index (χ0) is 33.9. The summed E-state index contributed by atoms with van der Waals surface area (Å²) in [7, 11) is 0. The van der Waals surface area contributed by atoms with Gasteiger partial charge in [0, 0.05) is 37.7 Å². The van der Waals surface area contributed by atoms with Crippen molar-refractivity contribution in [3.05, 3.63) is 113 Å². The van der Waals surface area contributed by atoms with Crippen molar-refractivity contribution in [1.82, 2.24) is 25.2 Å². The molecular formula is C35H36N6O7. The van der Waals surface area contributed by atoms with E-state index in [0.717, 1.165) is 5.56 Å². The number of amides is 2. The number of aromatic nitrogens is 2. The molecule has 1 aromatic heterocycles. The van der Waals surface area contributed by atoms with E-state index >= 15 is 0 Å². The number of benzene rings is 3. The van der Waals surface area contributed by atoms with E-state index in [1.54, 1.807) is 30.0 Å². The number of carboxylic acids is 1. The lowest BCUT2D eigenvalue weighted by atomic mass is 10.0. The highest BCUT2D eigenvalue weighted by atomic mass is 16.8. The molecule has 13 heteroatoms. The minimum Gasteiger partial charge on any atom is -0.478 e. The molecule has 0 spiro atoms. The fraction of sp³-hybridized carbons (Fsp3) is 0.257. The van der Waals surface area contributed by atoms with Crippen LogP contribution in [-0.2, 0) is 27.3 Å². The number of ether oxygens (including phenoxy) is 1. The van der Waals surface area contributed by atoms with Crippen molar-refractivity contribution in [2.45, 2.75) is 25.9 Å². The molecule has 0 radical (unpaired) electrons. The average molecular weight is 653 g/mol. The Morgan fingerprint density at radius 1 is 0.854 bits per heavy atom. The Morgan fingerprint density at radius 2 is 1.52 bits per heavy atom. The maximum absolute atomic E-state index is 13.9. The molecule has 48 heavy (non-hydrogen) atoms. The highest BCUT2D eigenvalue weighted by Gasteiger charge is 2.31. The van der Waals surface area contributed by atoms with Gasteiger partial charge in [0.25, 0.3) is 5.91 Å². The van der Waals surface area contributed by atoms with Gasteiger partial charge in [-0.2, -0.15) is 0 Å². The standard InChI is InChI=1S/C35H36N6O7/c1-2-47-35(46)48-41-19-17-40(18-20-41)33(43)29(21-24-13-15-27(16-14-24)34(44)45)38-32(42)28-22-30(36-23-25-9-5-3-6-10-25)39-31(37-28)26-11-7-4-8-12-26/h3-16,22,29H,2,17-21,23H2,1H3,(H,38,42)(H,44,45)(H,36,37,39)/t29-/m0/s1. The summed E-state index contributed by atoms with van der Waals surface area (Å²) in [6, 6.07) is 25.7. The molecule has 3 aromatic carbocycles. The Kier molecular flexibility index (Phi) is 11.3. The third kappa shape index (κ3) is 9.13. The molecule has 3 N–H and O–H groups in total. The van der Waals surface area contributed by atoms with Gasteiger partial charge in [-0.25, -0.2) is 19.6 Å². The number of rotatable bonds is 12. The van der Waals surface area contributed by atoms with Crippen LogP contribution in [0.4, 0.5) is 10.6 Å². The first-order valence-corrected chi connectivity index (χ1v) is 15.5. The van der Waals surface area contributed by atoms with Gasteiger partial charge in [-0.05, 0) is 30.2 Å². The highest BCUT2D eigenvalue weighted by Crippen LogP contribution is 2.19. The van der Waals surface area contributed by atoms with Gasteiger partial charge in [0.1, 0.15) is 17.6 Å². The van der Waals surface area contributed by atoms with Crippen LogP contribution in [0.3, 0.4) is 0 Å². The second-order valence-corrected chi connectivity index (χ2v) is 10.9. The van der Waals surface area contributed by atoms with E-state index in [9.17, 15) is 24.3 Å². The molecule has 4 aromatic rings. The molecule has 2 heterocycles. The molecular weight excluding hydrogens is 616 g/mol. The predicted molar refractivity (Wildman–Crippen MR) is 176 cm³/mol. The lowest BCUT2D eigenvalue weighted by molar-refractivity contribution is -0.157. The second-order valence-electron chi connectivity index (χ2n) is 10.9. The Hall–Kier alpha value is -5.82. The van der Waals surface area contributed by atoms with Gasteiger partial charge in [-0.3, -0.25) is 9.59 Å². The first-order chi connectivity index (χ1) is 23.3. The smallest absolute Gasteiger partial charge is 0.478 e. The van der Waals surface area contributed by atoms with Crippen LogP contribution >= 0.6 is 0 Å². The van der Waals surface area contributed by atoms with Crippen LogP contribution in [0.25, 0.3) is 11.4 Å². The van der Waals surface area contributed by atoms with E-state index in [0.29, 0.717) is 29.3 Å². The predicted octanol–water partition coefficient (Wildman–Crippen LogP) is 4.03. The monoisotopic (exact) mass is 652 g/mol. The number of carboxylic acid groups (broad SMARTS) is 1. The van der Waals surface area contributed by atoms with Crippen molar-refractivity contribution in [2.75, 3.05) is 38.1 Å². The van der Waals surface area contributed by atoms with Crippen LogP contribution in [0, 0.1) is 0 Å². The number of carbonyl (C=O) groups excluding carboxylic acids is 3. The number of nitrogens with zero attached hydrogens (tertiary/aromatic N) is 4. The van der Waals surface area contributed by atoms with Gasteiger partial charge in [0.05, 0.1) is 25.3 Å². The van der Waals surface area contributed by atoms with E-state index in [-0.39, 0.29) is 56.4 Å². The molecule has 0 aliphatic carbocycles. The molecule has 1 fully saturated rings. The third-order valence-electron chi connectivity index (χ3n) is 7.57. The Morgan fingerprint density at radius 3 is 2.17 bits per heavy atom. The minimum atomic E-state index is -1.07. The maximum Gasteiger partial charge on any atom is 0.527 e. The summed E-state index contributed by atoms with van der Waals surface area (Å²) < 4.78 is 4.83. The third-order valence-corrected chi connectivity index (χ3v) is 7.57. The van der Waals surface area contributed by atoms with Crippen LogP contribution in [0.2, 0.25) is 0 Å². The first kappa shape index (κ1) is 33.5. The van der Waals surface area contributed by atoms with E-state index in [1.807, 2.05) is 60.7 Å². The Labute approximate surface area is 277 Å². The molecule has 1 aliphatic heterocycles. The van der Waals surface area contributed by atoms with Crippen LogP contribution in [0.5, 0.6) is 0 Å². The van der Waals surface area contributed by atoms with Crippen molar-refractivity contribution in [3.8, 4) is 11.4 Å². The van der Waals surface area contributed by atoms with Gasteiger partial charge < -0.3 is 30.2 Å². The molecule has 2 amide bonds. The number of hydrogen-bond donors (Lipinski definition) is 3.